The second-order valence-corrected chi connectivity index (χ2v) is 3.99. The van der Waals surface area contributed by atoms with E-state index in [2.05, 4.69) is 0 Å². The molecule has 0 radical (unpaired) electrons. The number of carbonyl (C=O) groups excluding carboxylic acids is 5. The molecule has 2 aliphatic heterocycles. The van der Waals surface area contributed by atoms with Gasteiger partial charge in [-0.2, -0.15) is 0 Å². The fourth-order valence-corrected chi connectivity index (χ4v) is 1.62. The van der Waals surface area contributed by atoms with Gasteiger partial charge in [-0.05, 0) is 0 Å². The Balaban J connectivity index is 1.74. The summed E-state index contributed by atoms with van der Waals surface area (Å²) in [5, 5.41) is 0. The Kier molecular flexibility index (Phi) is 3.74. The van der Waals surface area contributed by atoms with Crippen LogP contribution in [0.4, 0.5) is 0 Å². The molecule has 20 heavy (non-hydrogen) atoms. The molecule has 0 saturated carbocycles. The fourth-order valence-electron chi connectivity index (χ4n) is 1.62. The van der Waals surface area contributed by atoms with Gasteiger partial charge in [0.1, 0.15) is 0 Å². The lowest BCUT2D eigenvalue weighted by atomic mass is 10.4. The van der Waals surface area contributed by atoms with Gasteiger partial charge in [0.25, 0.3) is 23.6 Å². The van der Waals surface area contributed by atoms with E-state index in [0.717, 1.165) is 34.1 Å². The van der Waals surface area contributed by atoms with Gasteiger partial charge in [-0.15, -0.1) is 0 Å². The lowest BCUT2D eigenvalue weighted by Gasteiger charge is -2.15. The van der Waals surface area contributed by atoms with Crippen molar-refractivity contribution in [1.82, 2.24) is 9.80 Å². The summed E-state index contributed by atoms with van der Waals surface area (Å²) in [4.78, 5) is 57.8. The van der Waals surface area contributed by atoms with E-state index in [1.165, 1.54) is 0 Å². The number of imide groups is 2. The normalized spacial score (nSPS) is 17.6. The maximum atomic E-state index is 11.4. The minimum Gasteiger partial charge on any atom is -0.444 e. The van der Waals surface area contributed by atoms with Crippen LogP contribution in [-0.4, -0.2) is 52.7 Å². The number of rotatable bonds is 5. The Morgan fingerprint density at radius 1 is 0.850 bits per heavy atom. The summed E-state index contributed by atoms with van der Waals surface area (Å²) in [5.74, 6) is -2.81. The smallest absolute Gasteiger partial charge is 0.309 e. The van der Waals surface area contributed by atoms with Crippen molar-refractivity contribution >= 4 is 29.6 Å². The quantitative estimate of drug-likeness (QED) is 0.459. The number of esters is 1. The summed E-state index contributed by atoms with van der Waals surface area (Å²) in [5.41, 5.74) is 0. The van der Waals surface area contributed by atoms with E-state index in [1.807, 2.05) is 0 Å². The molecule has 4 amide bonds. The van der Waals surface area contributed by atoms with Gasteiger partial charge in [-0.1, -0.05) is 0 Å². The van der Waals surface area contributed by atoms with Gasteiger partial charge in [-0.3, -0.25) is 28.9 Å². The molecule has 0 aliphatic carbocycles. The van der Waals surface area contributed by atoms with Gasteiger partial charge >= 0.3 is 5.97 Å². The highest BCUT2D eigenvalue weighted by Crippen LogP contribution is 2.06. The first kappa shape index (κ1) is 13.7. The third kappa shape index (κ3) is 2.79. The fraction of sp³-hybridized carbons (Fsp3) is 0.250. The first-order valence-corrected chi connectivity index (χ1v) is 5.72. The summed E-state index contributed by atoms with van der Waals surface area (Å²) >= 11 is 0. The van der Waals surface area contributed by atoms with Gasteiger partial charge in [0.2, 0.25) is 0 Å². The standard InChI is InChI=1S/C12H10N2O6/c15-8-1-2-9(16)13(8)6-5-12(19)20-7-14-10(17)3-4-11(14)18/h1-4H,5-7H2. The molecular formula is C12H10N2O6. The molecule has 8 heteroatoms. The SMILES string of the molecule is O=C(CCN1C(=O)C=CC1=O)OCN1C(=O)C=CC1=O. The van der Waals surface area contributed by atoms with Crippen molar-refractivity contribution in [2.24, 2.45) is 0 Å². The molecule has 0 unspecified atom stereocenters. The molecule has 0 aromatic carbocycles. The zero-order valence-electron chi connectivity index (χ0n) is 10.3. The first-order valence-electron chi connectivity index (χ1n) is 5.72. The average Bonchev–Trinajstić information content (AvgIpc) is 2.89. The second-order valence-electron chi connectivity index (χ2n) is 3.99. The zero-order valence-corrected chi connectivity index (χ0v) is 10.3. The highest BCUT2D eigenvalue weighted by Gasteiger charge is 2.26. The van der Waals surface area contributed by atoms with Gasteiger partial charge in [0, 0.05) is 30.8 Å². The Bertz CT molecular complexity index is 478. The molecule has 0 fully saturated rings. The molecule has 0 spiro atoms. The molecule has 0 atom stereocenters. The van der Waals surface area contributed by atoms with Crippen molar-refractivity contribution in [3.05, 3.63) is 24.3 Å². The van der Waals surface area contributed by atoms with E-state index < -0.39 is 36.3 Å². The van der Waals surface area contributed by atoms with E-state index in [1.54, 1.807) is 0 Å². The summed E-state index contributed by atoms with van der Waals surface area (Å²) < 4.78 is 4.73. The molecule has 0 aromatic rings. The molecule has 0 saturated heterocycles. The van der Waals surface area contributed by atoms with Crippen LogP contribution in [0.2, 0.25) is 0 Å². The van der Waals surface area contributed by atoms with Crippen molar-refractivity contribution in [1.29, 1.82) is 0 Å². The van der Waals surface area contributed by atoms with Crippen molar-refractivity contribution in [3.63, 3.8) is 0 Å². The van der Waals surface area contributed by atoms with Gasteiger partial charge in [-0.25, -0.2) is 4.90 Å². The molecular weight excluding hydrogens is 268 g/mol. The van der Waals surface area contributed by atoms with E-state index in [4.69, 9.17) is 4.74 Å². The molecule has 8 nitrogen and oxygen atoms in total. The zero-order chi connectivity index (χ0) is 14.7. The Morgan fingerprint density at radius 3 is 1.80 bits per heavy atom. The molecule has 2 rings (SSSR count). The van der Waals surface area contributed by atoms with E-state index in [-0.39, 0.29) is 13.0 Å². The molecule has 2 aliphatic rings. The van der Waals surface area contributed by atoms with Gasteiger partial charge in [0.15, 0.2) is 6.73 Å². The maximum Gasteiger partial charge on any atom is 0.309 e. The van der Waals surface area contributed by atoms with Crippen molar-refractivity contribution in [2.75, 3.05) is 13.3 Å². The van der Waals surface area contributed by atoms with Crippen LogP contribution in [0.5, 0.6) is 0 Å². The predicted octanol–water partition coefficient (Wildman–Crippen LogP) is -1.27. The number of ether oxygens (including phenoxy) is 1. The Morgan fingerprint density at radius 2 is 1.30 bits per heavy atom. The van der Waals surface area contributed by atoms with Crippen LogP contribution < -0.4 is 0 Å². The van der Waals surface area contributed by atoms with Gasteiger partial charge in [0.05, 0.1) is 6.42 Å². The number of nitrogens with zero attached hydrogens (tertiary/aromatic N) is 2. The van der Waals surface area contributed by atoms with E-state index in [9.17, 15) is 24.0 Å². The van der Waals surface area contributed by atoms with Crippen LogP contribution >= 0.6 is 0 Å². The lowest BCUT2D eigenvalue weighted by molar-refractivity contribution is -0.154. The van der Waals surface area contributed by atoms with Crippen molar-refractivity contribution in [2.45, 2.75) is 6.42 Å². The average molecular weight is 278 g/mol. The summed E-state index contributed by atoms with van der Waals surface area (Å²) in [6.07, 6.45) is 4.16. The highest BCUT2D eigenvalue weighted by molar-refractivity contribution is 6.13. The largest absolute Gasteiger partial charge is 0.444 e. The maximum absolute atomic E-state index is 11.4. The third-order valence-corrected chi connectivity index (χ3v) is 2.70. The van der Waals surface area contributed by atoms with Crippen LogP contribution in [0.15, 0.2) is 24.3 Å². The van der Waals surface area contributed by atoms with E-state index in [0.29, 0.717) is 0 Å². The Hall–Kier alpha value is -2.77. The van der Waals surface area contributed by atoms with Crippen LogP contribution in [-0.2, 0) is 28.7 Å². The summed E-state index contributed by atoms with van der Waals surface area (Å²) in [7, 11) is 0. The molecule has 0 bridgehead atoms. The van der Waals surface area contributed by atoms with Crippen LogP contribution in [0.1, 0.15) is 6.42 Å². The van der Waals surface area contributed by atoms with Gasteiger partial charge < -0.3 is 4.74 Å². The number of hydrogen-bond donors (Lipinski definition) is 0. The summed E-state index contributed by atoms with van der Waals surface area (Å²) in [6, 6.07) is 0. The summed E-state index contributed by atoms with van der Waals surface area (Å²) in [6.45, 7) is -0.590. The molecule has 2 heterocycles. The third-order valence-electron chi connectivity index (χ3n) is 2.70. The van der Waals surface area contributed by atoms with Crippen LogP contribution in [0.3, 0.4) is 0 Å². The number of carbonyl (C=O) groups is 5. The molecule has 104 valence electrons. The van der Waals surface area contributed by atoms with Crippen LogP contribution in [0, 0.1) is 0 Å². The lowest BCUT2D eigenvalue weighted by Crippen LogP contribution is -2.35. The first-order chi connectivity index (χ1) is 9.49. The van der Waals surface area contributed by atoms with E-state index >= 15 is 0 Å². The number of hydrogen-bond acceptors (Lipinski definition) is 6. The van der Waals surface area contributed by atoms with Crippen molar-refractivity contribution < 1.29 is 28.7 Å². The molecule has 0 N–H and O–H groups in total. The Labute approximate surface area is 113 Å². The molecule has 0 aromatic heterocycles. The topological polar surface area (TPSA) is 101 Å². The predicted molar refractivity (Wildman–Crippen MR) is 62.4 cm³/mol. The second kappa shape index (κ2) is 5.47. The highest BCUT2D eigenvalue weighted by atomic mass is 16.5. The van der Waals surface area contributed by atoms with Crippen molar-refractivity contribution in [3.8, 4) is 0 Å². The minimum atomic E-state index is -0.718. The number of amides is 4. The minimum absolute atomic E-state index is 0.107. The van der Waals surface area contributed by atoms with Crippen LogP contribution in [0.25, 0.3) is 0 Å². The monoisotopic (exact) mass is 278 g/mol.